The predicted molar refractivity (Wildman–Crippen MR) is 121 cm³/mol. The third kappa shape index (κ3) is 6.13. The fraction of sp³-hybridized carbons (Fsp3) is 0.478. The molecule has 8 heteroatoms. The minimum Gasteiger partial charge on any atom is -0.444 e. The van der Waals surface area contributed by atoms with E-state index in [-0.39, 0.29) is 30.6 Å². The summed E-state index contributed by atoms with van der Waals surface area (Å²) in [5.74, 6) is -0.281. The number of carbonyl (C=O) groups is 3. The van der Waals surface area contributed by atoms with Gasteiger partial charge in [-0.1, -0.05) is 29.0 Å². The average Bonchev–Trinajstić information content (AvgIpc) is 3.07. The van der Waals surface area contributed by atoms with Crippen LogP contribution in [0, 0.1) is 13.8 Å². The van der Waals surface area contributed by atoms with Gasteiger partial charge in [0, 0.05) is 36.2 Å². The number of nitrogens with zero attached hydrogens (tertiary/aromatic N) is 2. The van der Waals surface area contributed by atoms with Crippen molar-refractivity contribution in [1.29, 1.82) is 0 Å². The average molecular weight is 444 g/mol. The summed E-state index contributed by atoms with van der Waals surface area (Å²) < 4.78 is 5.44. The van der Waals surface area contributed by atoms with Crippen LogP contribution < -0.4 is 5.32 Å². The largest absolute Gasteiger partial charge is 0.444 e. The molecule has 0 radical (unpaired) electrons. The van der Waals surface area contributed by atoms with Gasteiger partial charge in [-0.05, 0) is 46.2 Å². The third-order valence-electron chi connectivity index (χ3n) is 4.90. The van der Waals surface area contributed by atoms with Gasteiger partial charge in [0.05, 0.1) is 12.2 Å². The maximum Gasteiger partial charge on any atom is 0.410 e. The van der Waals surface area contributed by atoms with E-state index in [1.807, 2.05) is 52.8 Å². The number of benzene rings is 1. The summed E-state index contributed by atoms with van der Waals surface area (Å²) in [7, 11) is 0. The van der Waals surface area contributed by atoms with E-state index in [2.05, 4.69) is 10.3 Å². The second kappa shape index (κ2) is 9.18. The lowest BCUT2D eigenvalue weighted by Crippen LogP contribution is -2.39. The molecule has 3 rings (SSSR count). The van der Waals surface area contributed by atoms with Gasteiger partial charge in [0.2, 0.25) is 5.91 Å². The normalized spacial score (nSPS) is 13.5. The maximum absolute atomic E-state index is 12.5. The van der Waals surface area contributed by atoms with Gasteiger partial charge in [-0.15, -0.1) is 0 Å². The van der Waals surface area contributed by atoms with Crippen LogP contribution in [0.25, 0.3) is 0 Å². The van der Waals surface area contributed by atoms with Gasteiger partial charge >= 0.3 is 6.09 Å². The van der Waals surface area contributed by atoms with E-state index in [1.165, 1.54) is 11.3 Å². The number of ketones is 1. The van der Waals surface area contributed by atoms with Crippen LogP contribution >= 0.6 is 11.3 Å². The standard InChI is InChI=1S/C23H29N3O4S/c1-14-6-7-15(2)16(12-14)18(27)8-9-20(28)25-21-24-17-10-11-26(13-19(17)31-21)22(29)30-23(3,4)5/h6-7,12H,8-11,13H2,1-5H3,(H,24,25,28). The van der Waals surface area contributed by atoms with E-state index in [9.17, 15) is 14.4 Å². The first-order valence-corrected chi connectivity index (χ1v) is 11.2. The highest BCUT2D eigenvalue weighted by Crippen LogP contribution is 2.29. The summed E-state index contributed by atoms with van der Waals surface area (Å²) in [6.07, 6.45) is 0.516. The zero-order chi connectivity index (χ0) is 22.8. The number of aromatic nitrogens is 1. The SMILES string of the molecule is Cc1ccc(C)c(C(=O)CCC(=O)Nc2nc3c(s2)CN(C(=O)OC(C)(C)C)CC3)c1. The topological polar surface area (TPSA) is 88.6 Å². The molecule has 1 N–H and O–H groups in total. The quantitative estimate of drug-likeness (QED) is 0.679. The molecule has 0 fully saturated rings. The third-order valence-corrected chi connectivity index (χ3v) is 5.90. The zero-order valence-electron chi connectivity index (χ0n) is 18.7. The second-order valence-electron chi connectivity index (χ2n) is 8.83. The van der Waals surface area contributed by atoms with E-state index in [4.69, 9.17) is 4.74 Å². The van der Waals surface area contributed by atoms with Crippen LogP contribution in [-0.2, 0) is 22.5 Å². The number of fused-ring (bicyclic) bond motifs is 1. The number of carbonyl (C=O) groups excluding carboxylic acids is 3. The van der Waals surface area contributed by atoms with E-state index in [0.717, 1.165) is 21.7 Å². The highest BCUT2D eigenvalue weighted by molar-refractivity contribution is 7.15. The molecule has 0 unspecified atom stereocenters. The number of aryl methyl sites for hydroxylation is 2. The lowest BCUT2D eigenvalue weighted by molar-refractivity contribution is -0.116. The number of anilines is 1. The van der Waals surface area contributed by atoms with Crippen molar-refractivity contribution < 1.29 is 19.1 Å². The minimum atomic E-state index is -0.543. The Morgan fingerprint density at radius 2 is 1.94 bits per heavy atom. The summed E-state index contributed by atoms with van der Waals surface area (Å²) >= 11 is 1.36. The molecule has 0 spiro atoms. The first-order valence-electron chi connectivity index (χ1n) is 10.4. The van der Waals surface area contributed by atoms with Crippen LogP contribution in [0.2, 0.25) is 0 Å². The zero-order valence-corrected chi connectivity index (χ0v) is 19.5. The number of rotatable bonds is 5. The van der Waals surface area contributed by atoms with Gasteiger partial charge in [-0.2, -0.15) is 0 Å². The molecule has 166 valence electrons. The molecule has 0 atom stereocenters. The number of Topliss-reactive ketones (excluding diaryl/α,β-unsaturated/α-hetero) is 1. The van der Waals surface area contributed by atoms with Crippen molar-refractivity contribution in [2.45, 2.75) is 66.0 Å². The van der Waals surface area contributed by atoms with Crippen LogP contribution in [0.4, 0.5) is 9.93 Å². The molecule has 2 amide bonds. The van der Waals surface area contributed by atoms with E-state index >= 15 is 0 Å². The van der Waals surface area contributed by atoms with Crippen LogP contribution in [0.5, 0.6) is 0 Å². The van der Waals surface area contributed by atoms with Crippen LogP contribution in [0.15, 0.2) is 18.2 Å². The molecule has 2 aromatic rings. The Morgan fingerprint density at radius 3 is 2.65 bits per heavy atom. The van der Waals surface area contributed by atoms with E-state index < -0.39 is 5.60 Å². The second-order valence-corrected chi connectivity index (χ2v) is 9.91. The molecule has 0 bridgehead atoms. The van der Waals surface area contributed by atoms with Crippen molar-refractivity contribution >= 4 is 34.3 Å². The molecule has 7 nitrogen and oxygen atoms in total. The van der Waals surface area contributed by atoms with Gasteiger partial charge in [0.15, 0.2) is 10.9 Å². The summed E-state index contributed by atoms with van der Waals surface area (Å²) in [6, 6.07) is 5.75. The van der Waals surface area contributed by atoms with Gasteiger partial charge in [0.25, 0.3) is 0 Å². The Bertz CT molecular complexity index is 1010. The number of nitrogens with one attached hydrogen (secondary N) is 1. The Labute approximate surface area is 186 Å². The minimum absolute atomic E-state index is 0.0391. The Hall–Kier alpha value is -2.74. The molecule has 1 aliphatic rings. The van der Waals surface area contributed by atoms with Crippen molar-refractivity contribution in [1.82, 2.24) is 9.88 Å². The van der Waals surface area contributed by atoms with Crippen molar-refractivity contribution in [3.8, 4) is 0 Å². The molecule has 1 aromatic heterocycles. The van der Waals surface area contributed by atoms with Crippen molar-refractivity contribution in [3.05, 3.63) is 45.5 Å². The van der Waals surface area contributed by atoms with Gasteiger partial charge in [-0.3, -0.25) is 9.59 Å². The fourth-order valence-electron chi connectivity index (χ4n) is 3.31. The summed E-state index contributed by atoms with van der Waals surface area (Å²) in [5, 5.41) is 3.30. The van der Waals surface area contributed by atoms with Crippen LogP contribution in [-0.4, -0.2) is 39.8 Å². The number of thiazole rings is 1. The number of hydrogen-bond acceptors (Lipinski definition) is 6. The van der Waals surface area contributed by atoms with Gasteiger partial charge in [0.1, 0.15) is 5.60 Å². The Balaban J connectivity index is 1.55. The predicted octanol–water partition coefficient (Wildman–Crippen LogP) is 4.65. The first kappa shape index (κ1) is 22.9. The fourth-order valence-corrected chi connectivity index (χ4v) is 4.35. The number of hydrogen-bond donors (Lipinski definition) is 1. The maximum atomic E-state index is 12.5. The molecule has 31 heavy (non-hydrogen) atoms. The molecular weight excluding hydrogens is 414 g/mol. The van der Waals surface area contributed by atoms with E-state index in [1.54, 1.807) is 4.90 Å². The molecule has 1 aromatic carbocycles. The molecule has 2 heterocycles. The molecule has 1 aliphatic heterocycles. The highest BCUT2D eigenvalue weighted by atomic mass is 32.1. The molecule has 0 aliphatic carbocycles. The first-order chi connectivity index (χ1) is 14.5. The van der Waals surface area contributed by atoms with Gasteiger partial charge < -0.3 is 15.0 Å². The molecule has 0 saturated heterocycles. The molecule has 0 saturated carbocycles. The Morgan fingerprint density at radius 1 is 1.19 bits per heavy atom. The molecular formula is C23H29N3O4S. The number of ether oxygens (including phenoxy) is 1. The summed E-state index contributed by atoms with van der Waals surface area (Å²) in [6.45, 7) is 10.3. The Kier molecular flexibility index (Phi) is 6.79. The van der Waals surface area contributed by atoms with Crippen molar-refractivity contribution in [3.63, 3.8) is 0 Å². The van der Waals surface area contributed by atoms with Crippen molar-refractivity contribution in [2.24, 2.45) is 0 Å². The van der Waals surface area contributed by atoms with Gasteiger partial charge in [-0.25, -0.2) is 9.78 Å². The lowest BCUT2D eigenvalue weighted by Gasteiger charge is -2.29. The summed E-state index contributed by atoms with van der Waals surface area (Å²) in [4.78, 5) is 44.2. The smallest absolute Gasteiger partial charge is 0.410 e. The van der Waals surface area contributed by atoms with Crippen LogP contribution in [0.3, 0.4) is 0 Å². The van der Waals surface area contributed by atoms with Crippen LogP contribution in [0.1, 0.15) is 65.7 Å². The lowest BCUT2D eigenvalue weighted by atomic mass is 9.99. The van der Waals surface area contributed by atoms with E-state index in [0.29, 0.717) is 30.2 Å². The summed E-state index contributed by atoms with van der Waals surface area (Å²) in [5.41, 5.74) is 2.95. The van der Waals surface area contributed by atoms with Crippen molar-refractivity contribution in [2.75, 3.05) is 11.9 Å². The monoisotopic (exact) mass is 443 g/mol. The highest BCUT2D eigenvalue weighted by Gasteiger charge is 2.28. The number of amides is 2.